The monoisotopic (exact) mass is 344 g/mol. The average molecular weight is 344 g/mol. The molecule has 2 aromatic rings. The molecule has 0 aromatic heterocycles. The highest BCUT2D eigenvalue weighted by atomic mass is 32.2. The van der Waals surface area contributed by atoms with Crippen molar-refractivity contribution in [3.05, 3.63) is 60.2 Å². The van der Waals surface area contributed by atoms with Crippen LogP contribution < -0.4 is 10.0 Å². The van der Waals surface area contributed by atoms with Crippen LogP contribution in [0.25, 0.3) is 0 Å². The second-order valence-corrected chi connectivity index (χ2v) is 7.76. The van der Waals surface area contributed by atoms with Gasteiger partial charge in [-0.3, -0.25) is 4.79 Å². The maximum Gasteiger partial charge on any atom is 0.241 e. The first-order valence-electron chi connectivity index (χ1n) is 7.94. The van der Waals surface area contributed by atoms with Gasteiger partial charge in [0, 0.05) is 17.6 Å². The van der Waals surface area contributed by atoms with E-state index in [1.54, 1.807) is 49.4 Å². The van der Waals surface area contributed by atoms with Gasteiger partial charge in [-0.25, -0.2) is 13.1 Å². The summed E-state index contributed by atoms with van der Waals surface area (Å²) in [7, 11) is -3.56. The molecule has 1 saturated carbocycles. The van der Waals surface area contributed by atoms with Crippen molar-refractivity contribution in [1.82, 2.24) is 4.72 Å². The third-order valence-electron chi connectivity index (χ3n) is 4.01. The lowest BCUT2D eigenvalue weighted by Crippen LogP contribution is -2.26. The van der Waals surface area contributed by atoms with E-state index >= 15 is 0 Å². The summed E-state index contributed by atoms with van der Waals surface area (Å²) in [6.07, 6.45) is 1.92. The first kappa shape index (κ1) is 16.7. The van der Waals surface area contributed by atoms with Gasteiger partial charge in [0.2, 0.25) is 15.9 Å². The Balaban J connectivity index is 1.66. The molecule has 1 atom stereocenters. The highest BCUT2D eigenvalue weighted by Crippen LogP contribution is 2.30. The number of carbonyl (C=O) groups excluding carboxylic acids is 1. The SMILES string of the molecule is CC(NS(=O)(=O)c1ccccc1)c1ccc(NC(=O)C2CC2)cc1. The summed E-state index contributed by atoms with van der Waals surface area (Å²) in [5.74, 6) is 0.210. The standard InChI is InChI=1S/C18H20N2O3S/c1-13(20-24(22,23)17-5-3-2-4-6-17)14-9-11-16(12-10-14)19-18(21)15-7-8-15/h2-6,9-13,15,20H,7-8H2,1H3,(H,19,21). The number of hydrogen-bond donors (Lipinski definition) is 2. The lowest BCUT2D eigenvalue weighted by atomic mass is 10.1. The molecule has 0 heterocycles. The van der Waals surface area contributed by atoms with E-state index in [-0.39, 0.29) is 22.8 Å². The van der Waals surface area contributed by atoms with Crippen molar-refractivity contribution < 1.29 is 13.2 Å². The number of benzene rings is 2. The summed E-state index contributed by atoms with van der Waals surface area (Å²) in [4.78, 5) is 12.0. The third kappa shape index (κ3) is 4.01. The maximum atomic E-state index is 12.3. The molecule has 2 aromatic carbocycles. The van der Waals surface area contributed by atoms with Crippen LogP contribution in [0, 0.1) is 5.92 Å². The summed E-state index contributed by atoms with van der Waals surface area (Å²) in [6.45, 7) is 1.79. The molecule has 24 heavy (non-hydrogen) atoms. The summed E-state index contributed by atoms with van der Waals surface area (Å²) in [5.41, 5.74) is 1.56. The fourth-order valence-electron chi connectivity index (χ4n) is 2.41. The molecule has 0 spiro atoms. The quantitative estimate of drug-likeness (QED) is 0.845. The van der Waals surface area contributed by atoms with Crippen LogP contribution in [-0.2, 0) is 14.8 Å². The number of hydrogen-bond acceptors (Lipinski definition) is 3. The number of nitrogens with one attached hydrogen (secondary N) is 2. The van der Waals surface area contributed by atoms with Crippen molar-refractivity contribution in [2.45, 2.75) is 30.7 Å². The Morgan fingerprint density at radius 3 is 2.25 bits per heavy atom. The minimum atomic E-state index is -3.56. The topological polar surface area (TPSA) is 75.3 Å². The van der Waals surface area contributed by atoms with Crippen LogP contribution in [0.5, 0.6) is 0 Å². The lowest BCUT2D eigenvalue weighted by molar-refractivity contribution is -0.117. The predicted octanol–water partition coefficient (Wildman–Crippen LogP) is 3.07. The van der Waals surface area contributed by atoms with Gasteiger partial charge >= 0.3 is 0 Å². The third-order valence-corrected chi connectivity index (χ3v) is 5.57. The minimum Gasteiger partial charge on any atom is -0.326 e. The zero-order valence-corrected chi connectivity index (χ0v) is 14.2. The normalized spacial score (nSPS) is 15.7. The molecule has 0 aliphatic heterocycles. The molecule has 0 saturated heterocycles. The fraction of sp³-hybridized carbons (Fsp3) is 0.278. The molecule has 0 bridgehead atoms. The second kappa shape index (κ2) is 6.75. The van der Waals surface area contributed by atoms with E-state index in [2.05, 4.69) is 10.0 Å². The molecule has 126 valence electrons. The van der Waals surface area contributed by atoms with Crippen LogP contribution in [0.4, 0.5) is 5.69 Å². The molecular weight excluding hydrogens is 324 g/mol. The molecule has 6 heteroatoms. The van der Waals surface area contributed by atoms with Gasteiger partial charge in [0.15, 0.2) is 0 Å². The number of carbonyl (C=O) groups is 1. The van der Waals surface area contributed by atoms with Gasteiger partial charge in [-0.1, -0.05) is 30.3 Å². The largest absolute Gasteiger partial charge is 0.326 e. The van der Waals surface area contributed by atoms with Crippen LogP contribution >= 0.6 is 0 Å². The molecule has 2 N–H and O–H groups in total. The fourth-order valence-corrected chi connectivity index (χ4v) is 3.67. The highest BCUT2D eigenvalue weighted by molar-refractivity contribution is 7.89. The summed E-state index contributed by atoms with van der Waals surface area (Å²) < 4.78 is 27.3. The molecule has 1 aliphatic rings. The maximum absolute atomic E-state index is 12.3. The van der Waals surface area contributed by atoms with Crippen molar-refractivity contribution in [3.63, 3.8) is 0 Å². The first-order valence-corrected chi connectivity index (χ1v) is 9.42. The Morgan fingerprint density at radius 1 is 1.04 bits per heavy atom. The van der Waals surface area contributed by atoms with Crippen molar-refractivity contribution >= 4 is 21.6 Å². The van der Waals surface area contributed by atoms with Crippen molar-refractivity contribution in [2.24, 2.45) is 5.92 Å². The van der Waals surface area contributed by atoms with Crippen LogP contribution in [0.15, 0.2) is 59.5 Å². The van der Waals surface area contributed by atoms with Gasteiger partial charge in [0.25, 0.3) is 0 Å². The first-order chi connectivity index (χ1) is 11.5. The predicted molar refractivity (Wildman–Crippen MR) is 93.0 cm³/mol. The van der Waals surface area contributed by atoms with Crippen molar-refractivity contribution in [3.8, 4) is 0 Å². The Kier molecular flexibility index (Phi) is 4.69. The van der Waals surface area contributed by atoms with E-state index in [1.165, 1.54) is 0 Å². The number of sulfonamides is 1. The second-order valence-electron chi connectivity index (χ2n) is 6.04. The van der Waals surface area contributed by atoms with E-state index in [9.17, 15) is 13.2 Å². The minimum absolute atomic E-state index is 0.0561. The zero-order chi connectivity index (χ0) is 17.2. The Labute approximate surface area is 142 Å². The summed E-state index contributed by atoms with van der Waals surface area (Å²) in [5, 5.41) is 2.87. The number of anilines is 1. The summed E-state index contributed by atoms with van der Waals surface area (Å²) in [6, 6.07) is 15.1. The van der Waals surface area contributed by atoms with E-state index < -0.39 is 10.0 Å². The lowest BCUT2D eigenvalue weighted by Gasteiger charge is -2.15. The molecule has 1 unspecified atom stereocenters. The molecule has 1 amide bonds. The van der Waals surface area contributed by atoms with Gasteiger partial charge in [-0.05, 0) is 49.6 Å². The van der Waals surface area contributed by atoms with Crippen molar-refractivity contribution in [1.29, 1.82) is 0 Å². The zero-order valence-electron chi connectivity index (χ0n) is 13.4. The molecule has 1 fully saturated rings. The highest BCUT2D eigenvalue weighted by Gasteiger charge is 2.29. The van der Waals surface area contributed by atoms with Crippen LogP contribution in [0.3, 0.4) is 0 Å². The van der Waals surface area contributed by atoms with Crippen LogP contribution in [0.1, 0.15) is 31.4 Å². The van der Waals surface area contributed by atoms with Crippen LogP contribution in [-0.4, -0.2) is 14.3 Å². The van der Waals surface area contributed by atoms with Crippen LogP contribution in [0.2, 0.25) is 0 Å². The molecule has 0 radical (unpaired) electrons. The number of rotatable bonds is 6. The van der Waals surface area contributed by atoms with Gasteiger partial charge in [0.05, 0.1) is 4.90 Å². The Morgan fingerprint density at radius 2 is 1.67 bits per heavy atom. The Bertz CT molecular complexity index is 813. The van der Waals surface area contributed by atoms with E-state index in [1.807, 2.05) is 12.1 Å². The van der Waals surface area contributed by atoms with Gasteiger partial charge in [-0.2, -0.15) is 0 Å². The van der Waals surface area contributed by atoms with E-state index in [0.717, 1.165) is 24.1 Å². The Hall–Kier alpha value is -2.18. The van der Waals surface area contributed by atoms with E-state index in [4.69, 9.17) is 0 Å². The summed E-state index contributed by atoms with van der Waals surface area (Å²) >= 11 is 0. The molecule has 1 aliphatic carbocycles. The van der Waals surface area contributed by atoms with E-state index in [0.29, 0.717) is 0 Å². The van der Waals surface area contributed by atoms with Crippen molar-refractivity contribution in [2.75, 3.05) is 5.32 Å². The molecule has 5 nitrogen and oxygen atoms in total. The van der Waals surface area contributed by atoms with Gasteiger partial charge in [-0.15, -0.1) is 0 Å². The molecular formula is C18H20N2O3S. The van der Waals surface area contributed by atoms with Gasteiger partial charge in [0.1, 0.15) is 0 Å². The number of amides is 1. The smallest absolute Gasteiger partial charge is 0.241 e. The van der Waals surface area contributed by atoms with Gasteiger partial charge < -0.3 is 5.32 Å². The molecule has 3 rings (SSSR count). The average Bonchev–Trinajstić information content (AvgIpc) is 3.41.